The van der Waals surface area contributed by atoms with Gasteiger partial charge in [0.05, 0.1) is 27.8 Å². The quantitative estimate of drug-likeness (QED) is 0.222. The number of rotatable bonds is 3. The Balaban J connectivity index is 1.33. The van der Waals surface area contributed by atoms with Crippen molar-refractivity contribution in [1.29, 1.82) is 0 Å². The highest BCUT2D eigenvalue weighted by molar-refractivity contribution is 6.28. The minimum Gasteiger partial charge on any atom is -0.336 e. The first-order valence-corrected chi connectivity index (χ1v) is 14.4. The van der Waals surface area contributed by atoms with E-state index in [2.05, 4.69) is 159 Å². The maximum Gasteiger partial charge on any atom is 0.206 e. The van der Waals surface area contributed by atoms with Crippen LogP contribution in [0.25, 0.3) is 49.5 Å². The van der Waals surface area contributed by atoms with Gasteiger partial charge in [0.2, 0.25) is 5.96 Å². The van der Waals surface area contributed by atoms with Gasteiger partial charge < -0.3 is 9.72 Å². The largest absolute Gasteiger partial charge is 0.336 e. The van der Waals surface area contributed by atoms with Crippen LogP contribution in [0, 0.1) is 0 Å². The van der Waals surface area contributed by atoms with Crippen LogP contribution in [-0.2, 0) is 0 Å². The molecule has 42 heavy (non-hydrogen) atoms. The van der Waals surface area contributed by atoms with Crippen molar-refractivity contribution < 1.29 is 0 Å². The molecule has 0 radical (unpaired) electrons. The number of aliphatic imine (C=N–C) groups is 1. The van der Waals surface area contributed by atoms with E-state index in [9.17, 15) is 0 Å². The highest BCUT2D eigenvalue weighted by Crippen LogP contribution is 2.41. The van der Waals surface area contributed by atoms with Gasteiger partial charge in [0.1, 0.15) is 12.3 Å². The number of nitrogens with zero attached hydrogens (tertiary/aromatic N) is 3. The van der Waals surface area contributed by atoms with Crippen LogP contribution in [0.1, 0.15) is 23.5 Å². The second kappa shape index (κ2) is 9.06. The lowest BCUT2D eigenvalue weighted by Crippen LogP contribution is -2.47. The van der Waals surface area contributed by atoms with E-state index in [0.717, 1.165) is 22.6 Å². The maximum atomic E-state index is 5.30. The molecule has 1 aliphatic rings. The SMILES string of the molecule is c1ccc(-c2ccc3c4cccc5c4c4c(cccc4n23)n5C2=NC(c3ccccc3)NC(c3ccccc3)N2)cc1. The summed E-state index contributed by atoms with van der Waals surface area (Å²) < 4.78 is 4.74. The summed E-state index contributed by atoms with van der Waals surface area (Å²) >= 11 is 0. The standard InChI is InChI=1S/C37H27N5/c1-4-12-24(13-5-1)28-22-23-29-27-18-10-19-30-33(27)34-31(41(28)29)20-11-21-32(34)42(30)37-39-35(25-14-6-2-7-15-25)38-36(40-37)26-16-8-3-9-17-26/h1-23,35-36,38H,(H,39,40). The van der Waals surface area contributed by atoms with Crippen LogP contribution >= 0.6 is 0 Å². The van der Waals surface area contributed by atoms with Crippen molar-refractivity contribution in [1.82, 2.24) is 19.6 Å². The van der Waals surface area contributed by atoms with Gasteiger partial charge in [-0.25, -0.2) is 4.99 Å². The van der Waals surface area contributed by atoms with Crippen molar-refractivity contribution in [2.45, 2.75) is 12.3 Å². The Hall–Kier alpha value is -5.39. The molecule has 9 rings (SSSR count). The molecular formula is C37H27N5. The van der Waals surface area contributed by atoms with Crippen LogP contribution in [0.5, 0.6) is 0 Å². The minimum atomic E-state index is -0.199. The third-order valence-electron chi connectivity index (χ3n) is 8.57. The van der Waals surface area contributed by atoms with Crippen LogP contribution in [0.3, 0.4) is 0 Å². The molecule has 0 fully saturated rings. The number of aromatic nitrogens is 2. The summed E-state index contributed by atoms with van der Waals surface area (Å²) in [5.74, 6) is 0.834. The van der Waals surface area contributed by atoms with Crippen molar-refractivity contribution in [2.75, 3.05) is 0 Å². The molecule has 8 aromatic rings. The average Bonchev–Trinajstić information content (AvgIpc) is 3.67. The summed E-state index contributed by atoms with van der Waals surface area (Å²) in [7, 11) is 0. The van der Waals surface area contributed by atoms with Crippen molar-refractivity contribution in [3.8, 4) is 11.3 Å². The highest BCUT2D eigenvalue weighted by atomic mass is 15.4. The Labute approximate surface area is 242 Å². The van der Waals surface area contributed by atoms with Gasteiger partial charge >= 0.3 is 0 Å². The molecule has 2 N–H and O–H groups in total. The monoisotopic (exact) mass is 541 g/mol. The zero-order valence-corrected chi connectivity index (χ0v) is 22.8. The van der Waals surface area contributed by atoms with E-state index in [1.807, 2.05) is 0 Å². The van der Waals surface area contributed by atoms with Gasteiger partial charge in [-0.1, -0.05) is 109 Å². The lowest BCUT2D eigenvalue weighted by molar-refractivity contribution is 0.403. The van der Waals surface area contributed by atoms with Crippen LogP contribution < -0.4 is 10.6 Å². The predicted molar refractivity (Wildman–Crippen MR) is 172 cm³/mol. The Morgan fingerprint density at radius 2 is 1.17 bits per heavy atom. The topological polar surface area (TPSA) is 45.8 Å². The van der Waals surface area contributed by atoms with E-state index in [4.69, 9.17) is 4.99 Å². The van der Waals surface area contributed by atoms with Gasteiger partial charge in [-0.2, -0.15) is 0 Å². The number of hydrogen-bond acceptors (Lipinski definition) is 3. The first-order chi connectivity index (χ1) is 20.8. The van der Waals surface area contributed by atoms with E-state index < -0.39 is 0 Å². The van der Waals surface area contributed by atoms with E-state index in [-0.39, 0.29) is 12.3 Å². The Morgan fingerprint density at radius 3 is 1.93 bits per heavy atom. The lowest BCUT2D eigenvalue weighted by atomic mass is 10.0. The molecule has 2 unspecified atom stereocenters. The van der Waals surface area contributed by atoms with Gasteiger partial charge in [-0.15, -0.1) is 0 Å². The fraction of sp³-hybridized carbons (Fsp3) is 0.0541. The number of fused-ring (bicyclic) bond motifs is 3. The fourth-order valence-electron chi connectivity index (χ4n) is 6.74. The minimum absolute atomic E-state index is 0.105. The highest BCUT2D eigenvalue weighted by Gasteiger charge is 2.28. The summed E-state index contributed by atoms with van der Waals surface area (Å²) in [5, 5.41) is 11.3. The lowest BCUT2D eigenvalue weighted by Gasteiger charge is -2.32. The van der Waals surface area contributed by atoms with Gasteiger partial charge in [-0.05, 0) is 47.0 Å². The Morgan fingerprint density at radius 1 is 0.524 bits per heavy atom. The molecule has 200 valence electrons. The fourth-order valence-corrected chi connectivity index (χ4v) is 6.74. The molecular weight excluding hydrogens is 514 g/mol. The molecule has 5 aromatic carbocycles. The predicted octanol–water partition coefficient (Wildman–Crippen LogP) is 8.10. The second-order valence-electron chi connectivity index (χ2n) is 10.9. The molecule has 0 saturated heterocycles. The molecule has 1 aliphatic heterocycles. The molecule has 0 saturated carbocycles. The maximum absolute atomic E-state index is 5.30. The van der Waals surface area contributed by atoms with Crippen molar-refractivity contribution in [3.63, 3.8) is 0 Å². The van der Waals surface area contributed by atoms with Gasteiger partial charge in [-0.3, -0.25) is 9.88 Å². The molecule has 3 aromatic heterocycles. The number of benzene rings is 5. The van der Waals surface area contributed by atoms with Crippen LogP contribution in [0.2, 0.25) is 0 Å². The normalized spacial score (nSPS) is 17.3. The second-order valence-corrected chi connectivity index (χ2v) is 10.9. The van der Waals surface area contributed by atoms with E-state index in [0.29, 0.717) is 0 Å². The van der Waals surface area contributed by atoms with E-state index in [1.54, 1.807) is 0 Å². The third-order valence-corrected chi connectivity index (χ3v) is 8.57. The van der Waals surface area contributed by atoms with Gasteiger partial charge in [0.25, 0.3) is 0 Å². The zero-order valence-electron chi connectivity index (χ0n) is 22.8. The van der Waals surface area contributed by atoms with Crippen molar-refractivity contribution in [2.24, 2.45) is 4.99 Å². The molecule has 0 amide bonds. The smallest absolute Gasteiger partial charge is 0.206 e. The van der Waals surface area contributed by atoms with Crippen LogP contribution in [-0.4, -0.2) is 14.9 Å². The van der Waals surface area contributed by atoms with Crippen molar-refractivity contribution >= 4 is 44.2 Å². The molecule has 0 aliphatic carbocycles. The number of pyridine rings is 1. The third kappa shape index (κ3) is 3.38. The summed E-state index contributed by atoms with van der Waals surface area (Å²) in [6.07, 6.45) is -0.304. The number of hydrogen-bond donors (Lipinski definition) is 2. The number of nitrogens with one attached hydrogen (secondary N) is 2. The Kier molecular flexibility index (Phi) is 5.03. The first-order valence-electron chi connectivity index (χ1n) is 14.4. The van der Waals surface area contributed by atoms with E-state index in [1.165, 1.54) is 44.0 Å². The molecule has 2 atom stereocenters. The zero-order chi connectivity index (χ0) is 27.6. The summed E-state index contributed by atoms with van der Waals surface area (Å²) in [5.41, 5.74) is 9.39. The molecule has 0 bridgehead atoms. The molecule has 5 heteroatoms. The molecule has 5 nitrogen and oxygen atoms in total. The van der Waals surface area contributed by atoms with Gasteiger partial charge in [0, 0.05) is 16.2 Å². The molecule has 0 spiro atoms. The summed E-state index contributed by atoms with van der Waals surface area (Å²) in [6, 6.07) is 49.5. The first kappa shape index (κ1) is 23.3. The Bertz CT molecular complexity index is 2240. The summed E-state index contributed by atoms with van der Waals surface area (Å²) in [4.78, 5) is 5.30. The molecule has 4 heterocycles. The van der Waals surface area contributed by atoms with Gasteiger partial charge in [0.15, 0.2) is 0 Å². The van der Waals surface area contributed by atoms with E-state index >= 15 is 0 Å². The van der Waals surface area contributed by atoms with Crippen LogP contribution in [0.4, 0.5) is 0 Å². The van der Waals surface area contributed by atoms with Crippen LogP contribution in [0.15, 0.2) is 145 Å². The average molecular weight is 542 g/mol. The van der Waals surface area contributed by atoms with Crippen molar-refractivity contribution in [3.05, 3.63) is 151 Å². The summed E-state index contributed by atoms with van der Waals surface area (Å²) in [6.45, 7) is 0.